The molecule has 0 spiro atoms. The van der Waals surface area contributed by atoms with E-state index in [1.807, 2.05) is 6.92 Å². The van der Waals surface area contributed by atoms with Crippen LogP contribution >= 0.6 is 0 Å². The Morgan fingerprint density at radius 2 is 1.95 bits per heavy atom. The summed E-state index contributed by atoms with van der Waals surface area (Å²) in [5.41, 5.74) is 7.51. The summed E-state index contributed by atoms with van der Waals surface area (Å²) in [5.74, 6) is 0.893. The number of nitrogens with one attached hydrogen (secondary N) is 1. The normalized spacial score (nSPS) is 13.3. The molecule has 108 valence electrons. The van der Waals surface area contributed by atoms with Crippen LogP contribution in [0.25, 0.3) is 11.3 Å². The van der Waals surface area contributed by atoms with E-state index in [1.165, 1.54) is 6.26 Å². The van der Waals surface area contributed by atoms with Gasteiger partial charge in [-0.1, -0.05) is 12.1 Å². The lowest BCUT2D eigenvalue weighted by molar-refractivity contribution is 0.602. The van der Waals surface area contributed by atoms with Crippen molar-refractivity contribution >= 4 is 9.84 Å². The number of aromatic amines is 1. The zero-order valence-electron chi connectivity index (χ0n) is 11.6. The molecule has 0 aliphatic heterocycles. The number of H-pyrrole nitrogens is 1. The summed E-state index contributed by atoms with van der Waals surface area (Å²) >= 11 is 0. The van der Waals surface area contributed by atoms with E-state index in [9.17, 15) is 8.42 Å². The second kappa shape index (κ2) is 5.76. The highest BCUT2D eigenvalue weighted by molar-refractivity contribution is 7.90. The van der Waals surface area contributed by atoms with Gasteiger partial charge in [-0.2, -0.15) is 0 Å². The number of hydrogen-bond donors (Lipinski definition) is 2. The summed E-state index contributed by atoms with van der Waals surface area (Å²) in [6.07, 6.45) is 4.63. The van der Waals surface area contributed by atoms with Gasteiger partial charge in [0.15, 0.2) is 9.84 Å². The molecular weight excluding hydrogens is 274 g/mol. The number of hydrogen-bond acceptors (Lipinski definition) is 4. The highest BCUT2D eigenvalue weighted by Gasteiger charge is 2.08. The smallest absolute Gasteiger partial charge is 0.175 e. The van der Waals surface area contributed by atoms with Gasteiger partial charge < -0.3 is 10.7 Å². The van der Waals surface area contributed by atoms with Crippen LogP contribution in [0.1, 0.15) is 19.2 Å². The fourth-order valence-corrected chi connectivity index (χ4v) is 2.51. The predicted molar refractivity (Wildman–Crippen MR) is 79.1 cm³/mol. The van der Waals surface area contributed by atoms with Gasteiger partial charge in [-0.25, -0.2) is 13.4 Å². The van der Waals surface area contributed by atoms with Crippen LogP contribution in [0.2, 0.25) is 0 Å². The number of imidazole rings is 1. The molecule has 0 radical (unpaired) electrons. The first kappa shape index (κ1) is 14.7. The number of rotatable bonds is 5. The summed E-state index contributed by atoms with van der Waals surface area (Å²) in [6.45, 7) is 1.97. The molecule has 0 bridgehead atoms. The number of sulfone groups is 1. The first-order valence-electron chi connectivity index (χ1n) is 6.46. The zero-order valence-corrected chi connectivity index (χ0v) is 12.4. The third-order valence-electron chi connectivity index (χ3n) is 3.06. The topological polar surface area (TPSA) is 88.8 Å². The maximum atomic E-state index is 11.4. The van der Waals surface area contributed by atoms with Crippen molar-refractivity contribution in [2.75, 3.05) is 6.26 Å². The molecule has 0 saturated heterocycles. The van der Waals surface area contributed by atoms with Crippen LogP contribution in [0.4, 0.5) is 0 Å². The highest BCUT2D eigenvalue weighted by atomic mass is 32.2. The van der Waals surface area contributed by atoms with Gasteiger partial charge in [0.05, 0.1) is 16.8 Å². The second-order valence-corrected chi connectivity index (χ2v) is 7.07. The maximum absolute atomic E-state index is 11.4. The van der Waals surface area contributed by atoms with Gasteiger partial charge in [0.1, 0.15) is 5.82 Å². The molecule has 20 heavy (non-hydrogen) atoms. The van der Waals surface area contributed by atoms with Gasteiger partial charge in [0, 0.05) is 18.7 Å². The number of nitrogens with two attached hydrogens (primary N) is 1. The number of nitrogens with zero attached hydrogens (tertiary/aromatic N) is 1. The first-order chi connectivity index (χ1) is 9.36. The van der Waals surface area contributed by atoms with Crippen LogP contribution in [-0.4, -0.2) is 30.7 Å². The lowest BCUT2D eigenvalue weighted by atomic mass is 10.2. The minimum absolute atomic E-state index is 0.151. The minimum Gasteiger partial charge on any atom is -0.342 e. The molecule has 0 amide bonds. The quantitative estimate of drug-likeness (QED) is 0.879. The van der Waals surface area contributed by atoms with Crippen molar-refractivity contribution in [1.82, 2.24) is 9.97 Å². The van der Waals surface area contributed by atoms with E-state index in [4.69, 9.17) is 5.73 Å². The van der Waals surface area contributed by atoms with Crippen molar-refractivity contribution in [1.29, 1.82) is 0 Å². The third kappa shape index (κ3) is 3.68. The summed E-state index contributed by atoms with van der Waals surface area (Å²) in [4.78, 5) is 7.85. The van der Waals surface area contributed by atoms with E-state index in [2.05, 4.69) is 9.97 Å². The Kier molecular flexibility index (Phi) is 4.25. The summed E-state index contributed by atoms with van der Waals surface area (Å²) in [7, 11) is -3.15. The van der Waals surface area contributed by atoms with Crippen molar-refractivity contribution in [2.24, 2.45) is 5.73 Å². The Morgan fingerprint density at radius 3 is 2.50 bits per heavy atom. The van der Waals surface area contributed by atoms with Crippen molar-refractivity contribution in [3.63, 3.8) is 0 Å². The van der Waals surface area contributed by atoms with E-state index in [1.54, 1.807) is 30.5 Å². The maximum Gasteiger partial charge on any atom is 0.175 e. The number of aromatic nitrogens is 2. The molecule has 0 fully saturated rings. The standard InChI is InChI=1S/C14H19N3O2S/c1-10(15)3-8-14-16-9-13(17-14)11-4-6-12(7-5-11)20(2,18)19/h4-7,9-10H,3,8,15H2,1-2H3,(H,16,17). The van der Waals surface area contributed by atoms with Crippen molar-refractivity contribution in [3.05, 3.63) is 36.3 Å². The molecule has 5 nitrogen and oxygen atoms in total. The van der Waals surface area contributed by atoms with E-state index in [-0.39, 0.29) is 6.04 Å². The van der Waals surface area contributed by atoms with Gasteiger partial charge >= 0.3 is 0 Å². The third-order valence-corrected chi connectivity index (χ3v) is 4.19. The molecule has 1 unspecified atom stereocenters. The molecule has 0 saturated carbocycles. The molecule has 6 heteroatoms. The molecule has 3 N–H and O–H groups in total. The SMILES string of the molecule is CC(N)CCc1ncc(-c2ccc(S(C)(=O)=O)cc2)[nH]1. The zero-order chi connectivity index (χ0) is 14.8. The lowest BCUT2D eigenvalue weighted by Crippen LogP contribution is -2.15. The lowest BCUT2D eigenvalue weighted by Gasteiger charge is -2.02. The molecule has 1 aromatic heterocycles. The Hall–Kier alpha value is -1.66. The van der Waals surface area contributed by atoms with Crippen LogP contribution in [0.15, 0.2) is 35.4 Å². The van der Waals surface area contributed by atoms with E-state index in [0.717, 1.165) is 29.9 Å². The van der Waals surface area contributed by atoms with Gasteiger partial charge in [-0.15, -0.1) is 0 Å². The average Bonchev–Trinajstić information content (AvgIpc) is 2.84. The minimum atomic E-state index is -3.15. The predicted octanol–water partition coefficient (Wildman–Crippen LogP) is 1.76. The largest absolute Gasteiger partial charge is 0.342 e. The van der Waals surface area contributed by atoms with E-state index < -0.39 is 9.84 Å². The molecule has 1 atom stereocenters. The van der Waals surface area contributed by atoms with Crippen LogP contribution in [0, 0.1) is 0 Å². The van der Waals surface area contributed by atoms with Crippen molar-refractivity contribution < 1.29 is 8.42 Å². The summed E-state index contributed by atoms with van der Waals surface area (Å²) in [5, 5.41) is 0. The Bertz CT molecular complexity index is 673. The van der Waals surface area contributed by atoms with E-state index in [0.29, 0.717) is 4.90 Å². The summed E-state index contributed by atoms with van der Waals surface area (Å²) in [6, 6.07) is 6.91. The fourth-order valence-electron chi connectivity index (χ4n) is 1.88. The molecule has 0 aliphatic rings. The monoisotopic (exact) mass is 293 g/mol. The van der Waals surface area contributed by atoms with Crippen molar-refractivity contribution in [2.45, 2.75) is 30.7 Å². The summed E-state index contributed by atoms with van der Waals surface area (Å²) < 4.78 is 22.8. The number of benzene rings is 1. The fraction of sp³-hybridized carbons (Fsp3) is 0.357. The second-order valence-electron chi connectivity index (χ2n) is 5.06. The Balaban J connectivity index is 2.16. The molecule has 2 aromatic rings. The Morgan fingerprint density at radius 1 is 1.30 bits per heavy atom. The van der Waals surface area contributed by atoms with Gasteiger partial charge in [0.25, 0.3) is 0 Å². The molecule has 1 heterocycles. The first-order valence-corrected chi connectivity index (χ1v) is 8.35. The highest BCUT2D eigenvalue weighted by Crippen LogP contribution is 2.20. The molecular formula is C14H19N3O2S. The Labute approximate surface area is 119 Å². The van der Waals surface area contributed by atoms with Gasteiger partial charge in [-0.05, 0) is 31.0 Å². The average molecular weight is 293 g/mol. The molecule has 2 rings (SSSR count). The van der Waals surface area contributed by atoms with Crippen LogP contribution < -0.4 is 5.73 Å². The van der Waals surface area contributed by atoms with Crippen LogP contribution in [0.5, 0.6) is 0 Å². The van der Waals surface area contributed by atoms with Crippen LogP contribution in [0.3, 0.4) is 0 Å². The molecule has 1 aromatic carbocycles. The van der Waals surface area contributed by atoms with E-state index >= 15 is 0 Å². The van der Waals surface area contributed by atoms with Gasteiger partial charge in [-0.3, -0.25) is 0 Å². The van der Waals surface area contributed by atoms with Crippen molar-refractivity contribution in [3.8, 4) is 11.3 Å². The number of aryl methyl sites for hydroxylation is 1. The molecule has 0 aliphatic carbocycles. The van der Waals surface area contributed by atoms with Gasteiger partial charge in [0.2, 0.25) is 0 Å². The van der Waals surface area contributed by atoms with Crippen LogP contribution in [-0.2, 0) is 16.3 Å².